The van der Waals surface area contributed by atoms with E-state index in [-0.39, 0.29) is 5.91 Å². The number of hydrogen-bond donors (Lipinski definition) is 0. The lowest BCUT2D eigenvalue weighted by atomic mass is 10.1. The fourth-order valence-corrected chi connectivity index (χ4v) is 2.85. The minimum Gasteiger partial charge on any atom is -0.368 e. The largest absolute Gasteiger partial charge is 0.368 e. The van der Waals surface area contributed by atoms with Crippen LogP contribution in [0.25, 0.3) is 0 Å². The van der Waals surface area contributed by atoms with Crippen LogP contribution in [0.1, 0.15) is 21.6 Å². The number of hydrogen-bond acceptors (Lipinski definition) is 3. The van der Waals surface area contributed by atoms with E-state index < -0.39 is 0 Å². The summed E-state index contributed by atoms with van der Waals surface area (Å²) in [7, 11) is 0. The first-order valence-corrected chi connectivity index (χ1v) is 7.67. The molecule has 1 saturated heterocycles. The van der Waals surface area contributed by atoms with Crippen molar-refractivity contribution in [3.63, 3.8) is 0 Å². The third-order valence-electron chi connectivity index (χ3n) is 4.08. The van der Waals surface area contributed by atoms with Gasteiger partial charge in [-0.25, -0.2) is 0 Å². The monoisotopic (exact) mass is 295 g/mol. The first kappa shape index (κ1) is 14.6. The minimum absolute atomic E-state index is 0.106. The summed E-state index contributed by atoms with van der Waals surface area (Å²) < 4.78 is 0. The second-order valence-electron chi connectivity index (χ2n) is 5.80. The summed E-state index contributed by atoms with van der Waals surface area (Å²) in [5, 5.41) is 0. The molecular formula is C18H21N3O. The van der Waals surface area contributed by atoms with Crippen molar-refractivity contribution in [1.82, 2.24) is 9.88 Å². The third kappa shape index (κ3) is 3.11. The molecule has 2 heterocycles. The van der Waals surface area contributed by atoms with Crippen molar-refractivity contribution < 1.29 is 4.79 Å². The van der Waals surface area contributed by atoms with Gasteiger partial charge in [0.05, 0.1) is 0 Å². The van der Waals surface area contributed by atoms with Crippen LogP contribution in [-0.2, 0) is 0 Å². The van der Waals surface area contributed by atoms with Gasteiger partial charge in [0, 0.05) is 49.3 Å². The van der Waals surface area contributed by atoms with Crippen LogP contribution >= 0.6 is 0 Å². The quantitative estimate of drug-likeness (QED) is 0.854. The number of anilines is 1. The molecule has 114 valence electrons. The van der Waals surface area contributed by atoms with Crippen LogP contribution in [0.15, 0.2) is 42.6 Å². The zero-order valence-corrected chi connectivity index (χ0v) is 13.1. The summed E-state index contributed by atoms with van der Waals surface area (Å²) >= 11 is 0. The van der Waals surface area contributed by atoms with Crippen molar-refractivity contribution >= 4 is 11.6 Å². The van der Waals surface area contributed by atoms with Crippen molar-refractivity contribution in [3.8, 4) is 0 Å². The molecule has 1 aliphatic heterocycles. The molecule has 0 aliphatic carbocycles. The Morgan fingerprint density at radius 3 is 2.50 bits per heavy atom. The van der Waals surface area contributed by atoms with Gasteiger partial charge < -0.3 is 9.80 Å². The van der Waals surface area contributed by atoms with Gasteiger partial charge in [0.2, 0.25) is 0 Å². The molecule has 0 N–H and O–H groups in total. The molecule has 0 saturated carbocycles. The standard InChI is InChI=1S/C18H21N3O/c1-14-4-3-5-17(12-14)20-8-10-21(11-9-20)18(22)16-6-7-19-15(2)13-16/h3-7,12-13H,8-11H2,1-2H3. The van der Waals surface area contributed by atoms with E-state index in [9.17, 15) is 4.79 Å². The summed E-state index contributed by atoms with van der Waals surface area (Å²) in [6.07, 6.45) is 1.70. The first-order valence-electron chi connectivity index (χ1n) is 7.67. The Labute approximate surface area is 131 Å². The van der Waals surface area contributed by atoms with Gasteiger partial charge in [0.1, 0.15) is 0 Å². The summed E-state index contributed by atoms with van der Waals surface area (Å²) in [4.78, 5) is 21.0. The number of nitrogens with zero attached hydrogens (tertiary/aromatic N) is 3. The predicted octanol–water partition coefficient (Wildman–Crippen LogP) is 2.66. The summed E-state index contributed by atoms with van der Waals surface area (Å²) in [5.74, 6) is 0.106. The van der Waals surface area contributed by atoms with E-state index in [2.05, 4.69) is 41.1 Å². The smallest absolute Gasteiger partial charge is 0.254 e. The molecule has 0 spiro atoms. The van der Waals surface area contributed by atoms with Crippen LogP contribution in [-0.4, -0.2) is 42.0 Å². The SMILES string of the molecule is Cc1cccc(N2CCN(C(=O)c3ccnc(C)c3)CC2)c1. The van der Waals surface area contributed by atoms with Gasteiger partial charge in [0.25, 0.3) is 5.91 Å². The minimum atomic E-state index is 0.106. The molecular weight excluding hydrogens is 274 g/mol. The van der Waals surface area contributed by atoms with E-state index in [4.69, 9.17) is 0 Å². The number of benzene rings is 1. The highest BCUT2D eigenvalue weighted by molar-refractivity contribution is 5.94. The van der Waals surface area contributed by atoms with Crippen LogP contribution < -0.4 is 4.90 Å². The number of piperazine rings is 1. The second-order valence-corrected chi connectivity index (χ2v) is 5.80. The molecule has 1 aliphatic rings. The number of rotatable bonds is 2. The molecule has 4 heteroatoms. The molecule has 0 atom stereocenters. The Balaban J connectivity index is 1.65. The van der Waals surface area contributed by atoms with Crippen molar-refractivity contribution in [1.29, 1.82) is 0 Å². The Bertz CT molecular complexity index is 676. The molecule has 0 radical (unpaired) electrons. The Morgan fingerprint density at radius 2 is 1.82 bits per heavy atom. The van der Waals surface area contributed by atoms with Crippen LogP contribution in [0.4, 0.5) is 5.69 Å². The average molecular weight is 295 g/mol. The van der Waals surface area contributed by atoms with E-state index in [0.29, 0.717) is 0 Å². The van der Waals surface area contributed by atoms with Crippen LogP contribution in [0.5, 0.6) is 0 Å². The average Bonchev–Trinajstić information content (AvgIpc) is 2.54. The molecule has 0 unspecified atom stereocenters. The number of amides is 1. The molecule has 1 aromatic carbocycles. The lowest BCUT2D eigenvalue weighted by Gasteiger charge is -2.36. The molecule has 22 heavy (non-hydrogen) atoms. The van der Waals surface area contributed by atoms with Crippen molar-refractivity contribution in [2.75, 3.05) is 31.1 Å². The topological polar surface area (TPSA) is 36.4 Å². The van der Waals surface area contributed by atoms with Gasteiger partial charge >= 0.3 is 0 Å². The van der Waals surface area contributed by atoms with E-state index in [1.165, 1.54) is 11.3 Å². The maximum absolute atomic E-state index is 12.5. The van der Waals surface area contributed by atoms with Gasteiger partial charge in [-0.05, 0) is 43.7 Å². The molecule has 1 aromatic heterocycles. The van der Waals surface area contributed by atoms with E-state index in [1.807, 2.05) is 17.9 Å². The first-order chi connectivity index (χ1) is 10.6. The maximum atomic E-state index is 12.5. The zero-order valence-electron chi connectivity index (χ0n) is 13.1. The van der Waals surface area contributed by atoms with Gasteiger partial charge in [-0.1, -0.05) is 12.1 Å². The zero-order chi connectivity index (χ0) is 15.5. The van der Waals surface area contributed by atoms with Gasteiger partial charge in [-0.15, -0.1) is 0 Å². The normalized spacial score (nSPS) is 15.0. The second kappa shape index (κ2) is 6.18. The fourth-order valence-electron chi connectivity index (χ4n) is 2.85. The molecule has 3 rings (SSSR count). The van der Waals surface area contributed by atoms with Gasteiger partial charge in [-0.3, -0.25) is 9.78 Å². The molecule has 1 fully saturated rings. The molecule has 4 nitrogen and oxygen atoms in total. The summed E-state index contributed by atoms with van der Waals surface area (Å²) in [5.41, 5.74) is 4.12. The number of carbonyl (C=O) groups is 1. The van der Waals surface area contributed by atoms with E-state index in [0.717, 1.165) is 37.4 Å². The number of carbonyl (C=O) groups excluding carboxylic acids is 1. The fraction of sp³-hybridized carbons (Fsp3) is 0.333. The highest BCUT2D eigenvalue weighted by Crippen LogP contribution is 2.18. The highest BCUT2D eigenvalue weighted by atomic mass is 16.2. The lowest BCUT2D eigenvalue weighted by molar-refractivity contribution is 0.0746. The number of aromatic nitrogens is 1. The van der Waals surface area contributed by atoms with Crippen LogP contribution in [0, 0.1) is 13.8 Å². The summed E-state index contributed by atoms with van der Waals surface area (Å²) in [6.45, 7) is 7.28. The highest BCUT2D eigenvalue weighted by Gasteiger charge is 2.22. The third-order valence-corrected chi connectivity index (χ3v) is 4.08. The number of pyridine rings is 1. The maximum Gasteiger partial charge on any atom is 0.254 e. The number of aryl methyl sites for hydroxylation is 2. The van der Waals surface area contributed by atoms with E-state index in [1.54, 1.807) is 12.3 Å². The molecule has 0 bridgehead atoms. The van der Waals surface area contributed by atoms with Crippen molar-refractivity contribution in [2.24, 2.45) is 0 Å². The van der Waals surface area contributed by atoms with Crippen molar-refractivity contribution in [3.05, 3.63) is 59.4 Å². The lowest BCUT2D eigenvalue weighted by Crippen LogP contribution is -2.48. The molecule has 1 amide bonds. The Hall–Kier alpha value is -2.36. The van der Waals surface area contributed by atoms with Crippen molar-refractivity contribution in [2.45, 2.75) is 13.8 Å². The molecule has 2 aromatic rings. The van der Waals surface area contributed by atoms with Crippen LogP contribution in [0.2, 0.25) is 0 Å². The predicted molar refractivity (Wildman–Crippen MR) is 88.3 cm³/mol. The summed E-state index contributed by atoms with van der Waals surface area (Å²) in [6, 6.07) is 12.2. The van der Waals surface area contributed by atoms with Gasteiger partial charge in [-0.2, -0.15) is 0 Å². The Kier molecular flexibility index (Phi) is 4.09. The van der Waals surface area contributed by atoms with Crippen LogP contribution in [0.3, 0.4) is 0 Å². The Morgan fingerprint density at radius 1 is 1.05 bits per heavy atom. The van der Waals surface area contributed by atoms with Gasteiger partial charge in [0.15, 0.2) is 0 Å². The van der Waals surface area contributed by atoms with E-state index >= 15 is 0 Å².